The third kappa shape index (κ3) is 5.71. The van der Waals surface area contributed by atoms with Crippen LogP contribution in [0.2, 0.25) is 0 Å². The maximum atomic E-state index is 12.2. The molecule has 0 saturated carbocycles. The molecular weight excluding hydrogens is 226 g/mol. The van der Waals surface area contributed by atoms with E-state index in [4.69, 9.17) is 0 Å². The van der Waals surface area contributed by atoms with Crippen molar-refractivity contribution in [3.05, 3.63) is 0 Å². The largest absolute Gasteiger partial charge is 0.325 e. The Morgan fingerprint density at radius 1 is 0.722 bits per heavy atom. The minimum atomic E-state index is 0.182. The van der Waals surface area contributed by atoms with E-state index in [1.807, 2.05) is 23.6 Å². The maximum absolute atomic E-state index is 12.2. The Balaban J connectivity index is 4.14. The van der Waals surface area contributed by atoms with Crippen molar-refractivity contribution in [1.82, 2.24) is 14.7 Å². The summed E-state index contributed by atoms with van der Waals surface area (Å²) in [6.45, 7) is 17.0. The number of rotatable bonds is 9. The van der Waals surface area contributed by atoms with Crippen LogP contribution >= 0.6 is 0 Å². The van der Waals surface area contributed by atoms with Gasteiger partial charge in [-0.25, -0.2) is 4.79 Å². The third-order valence-corrected chi connectivity index (χ3v) is 3.48. The van der Waals surface area contributed by atoms with Crippen LogP contribution in [0.5, 0.6) is 0 Å². The Hall–Kier alpha value is -0.770. The Kier molecular flexibility index (Phi) is 9.74. The van der Waals surface area contributed by atoms with E-state index < -0.39 is 0 Å². The van der Waals surface area contributed by atoms with Crippen molar-refractivity contribution < 1.29 is 4.79 Å². The minimum Gasteiger partial charge on any atom is -0.325 e. The molecule has 0 radical (unpaired) electrons. The minimum absolute atomic E-state index is 0.182. The number of carbonyl (C=O) groups excluding carboxylic acids is 1. The van der Waals surface area contributed by atoms with E-state index in [0.717, 1.165) is 52.2 Å². The lowest BCUT2D eigenvalue weighted by Gasteiger charge is -2.29. The summed E-state index contributed by atoms with van der Waals surface area (Å²) in [4.78, 5) is 18.4. The molecule has 0 N–H and O–H groups in total. The van der Waals surface area contributed by atoms with Crippen LogP contribution in [0.3, 0.4) is 0 Å². The molecule has 0 saturated heterocycles. The van der Waals surface area contributed by atoms with Gasteiger partial charge in [-0.1, -0.05) is 13.8 Å². The summed E-state index contributed by atoms with van der Waals surface area (Å²) < 4.78 is 0. The zero-order chi connectivity index (χ0) is 14.0. The third-order valence-electron chi connectivity index (χ3n) is 3.48. The number of nitrogens with zero attached hydrogens (tertiary/aromatic N) is 3. The molecule has 0 aromatic carbocycles. The average molecular weight is 257 g/mol. The summed E-state index contributed by atoms with van der Waals surface area (Å²) in [6, 6.07) is 0.182. The topological polar surface area (TPSA) is 26.8 Å². The molecule has 0 spiro atoms. The van der Waals surface area contributed by atoms with E-state index in [0.29, 0.717) is 0 Å². The van der Waals surface area contributed by atoms with Crippen molar-refractivity contribution in [2.75, 3.05) is 45.8 Å². The molecule has 0 aliphatic rings. The quantitative estimate of drug-likeness (QED) is 0.634. The first-order chi connectivity index (χ1) is 8.64. The first kappa shape index (κ1) is 17.2. The molecular formula is C14H31N3O. The highest BCUT2D eigenvalue weighted by Crippen LogP contribution is 2.01. The second-order valence-electron chi connectivity index (χ2n) is 4.41. The van der Waals surface area contributed by atoms with Gasteiger partial charge in [-0.2, -0.15) is 0 Å². The lowest BCUT2D eigenvalue weighted by molar-refractivity contribution is 0.156. The summed E-state index contributed by atoms with van der Waals surface area (Å²) >= 11 is 0. The van der Waals surface area contributed by atoms with Crippen LogP contribution in [-0.2, 0) is 0 Å². The highest BCUT2D eigenvalue weighted by Gasteiger charge is 2.16. The van der Waals surface area contributed by atoms with E-state index in [9.17, 15) is 4.79 Å². The van der Waals surface area contributed by atoms with Gasteiger partial charge in [0.1, 0.15) is 0 Å². The van der Waals surface area contributed by atoms with Crippen LogP contribution in [0, 0.1) is 0 Å². The second kappa shape index (κ2) is 10.2. The van der Waals surface area contributed by atoms with Crippen molar-refractivity contribution in [1.29, 1.82) is 0 Å². The number of amides is 2. The van der Waals surface area contributed by atoms with Crippen LogP contribution in [0.4, 0.5) is 4.79 Å². The molecule has 4 nitrogen and oxygen atoms in total. The van der Waals surface area contributed by atoms with E-state index in [1.165, 1.54) is 0 Å². The number of urea groups is 1. The summed E-state index contributed by atoms with van der Waals surface area (Å²) in [5, 5.41) is 0. The van der Waals surface area contributed by atoms with Crippen molar-refractivity contribution in [2.45, 2.75) is 41.0 Å². The van der Waals surface area contributed by atoms with Gasteiger partial charge in [0, 0.05) is 26.2 Å². The van der Waals surface area contributed by atoms with Gasteiger partial charge in [0.2, 0.25) is 0 Å². The first-order valence-corrected chi connectivity index (χ1v) is 7.40. The molecule has 0 fully saturated rings. The Morgan fingerprint density at radius 2 is 1.22 bits per heavy atom. The normalized spacial score (nSPS) is 10.8. The van der Waals surface area contributed by atoms with Gasteiger partial charge in [-0.15, -0.1) is 0 Å². The molecule has 0 heterocycles. The van der Waals surface area contributed by atoms with Gasteiger partial charge in [0.25, 0.3) is 0 Å². The first-order valence-electron chi connectivity index (χ1n) is 7.40. The molecule has 18 heavy (non-hydrogen) atoms. The Morgan fingerprint density at radius 3 is 1.61 bits per heavy atom. The molecule has 0 aliphatic heterocycles. The summed E-state index contributed by atoms with van der Waals surface area (Å²) in [5.74, 6) is 0. The number of carbonyl (C=O) groups is 1. The zero-order valence-corrected chi connectivity index (χ0v) is 12.9. The monoisotopic (exact) mass is 257 g/mol. The molecule has 0 unspecified atom stereocenters. The Bertz CT molecular complexity index is 213. The SMILES string of the molecule is CCN(CC)CCCN(CC)C(=O)N(CC)CC. The van der Waals surface area contributed by atoms with E-state index in [-0.39, 0.29) is 6.03 Å². The van der Waals surface area contributed by atoms with Crippen molar-refractivity contribution in [2.24, 2.45) is 0 Å². The predicted molar refractivity (Wildman–Crippen MR) is 78.0 cm³/mol. The molecule has 2 amide bonds. The molecule has 0 aromatic rings. The maximum Gasteiger partial charge on any atom is 0.319 e. The fraction of sp³-hybridized carbons (Fsp3) is 0.929. The zero-order valence-electron chi connectivity index (χ0n) is 12.9. The average Bonchev–Trinajstić information content (AvgIpc) is 2.40. The van der Waals surface area contributed by atoms with E-state index >= 15 is 0 Å². The summed E-state index contributed by atoms with van der Waals surface area (Å²) in [5.41, 5.74) is 0. The van der Waals surface area contributed by atoms with Gasteiger partial charge in [-0.05, 0) is 46.8 Å². The van der Waals surface area contributed by atoms with E-state index in [1.54, 1.807) is 0 Å². The van der Waals surface area contributed by atoms with Crippen LogP contribution in [0.25, 0.3) is 0 Å². The highest BCUT2D eigenvalue weighted by molar-refractivity contribution is 5.74. The lowest BCUT2D eigenvalue weighted by Crippen LogP contribution is -2.44. The molecule has 0 rings (SSSR count). The van der Waals surface area contributed by atoms with Gasteiger partial charge >= 0.3 is 6.03 Å². The highest BCUT2D eigenvalue weighted by atomic mass is 16.2. The number of hydrogen-bond donors (Lipinski definition) is 0. The molecule has 0 aliphatic carbocycles. The van der Waals surface area contributed by atoms with E-state index in [2.05, 4.69) is 25.7 Å². The number of hydrogen-bond acceptors (Lipinski definition) is 2. The van der Waals surface area contributed by atoms with Crippen molar-refractivity contribution in [3.8, 4) is 0 Å². The lowest BCUT2D eigenvalue weighted by atomic mass is 10.3. The second-order valence-corrected chi connectivity index (χ2v) is 4.41. The molecule has 0 atom stereocenters. The van der Waals surface area contributed by atoms with Gasteiger partial charge in [-0.3, -0.25) is 0 Å². The molecule has 0 aromatic heterocycles. The van der Waals surface area contributed by atoms with Gasteiger partial charge < -0.3 is 14.7 Å². The van der Waals surface area contributed by atoms with Crippen LogP contribution in [0.15, 0.2) is 0 Å². The Labute approximate surface area is 113 Å². The van der Waals surface area contributed by atoms with Crippen LogP contribution in [0.1, 0.15) is 41.0 Å². The molecule has 108 valence electrons. The van der Waals surface area contributed by atoms with Crippen molar-refractivity contribution in [3.63, 3.8) is 0 Å². The van der Waals surface area contributed by atoms with Crippen molar-refractivity contribution >= 4 is 6.03 Å². The smallest absolute Gasteiger partial charge is 0.319 e. The molecule has 4 heteroatoms. The molecule has 0 bridgehead atoms. The fourth-order valence-electron chi connectivity index (χ4n) is 2.11. The predicted octanol–water partition coefficient (Wildman–Crippen LogP) is 2.50. The van der Waals surface area contributed by atoms with Crippen LogP contribution in [-0.4, -0.2) is 66.5 Å². The van der Waals surface area contributed by atoms with Crippen LogP contribution < -0.4 is 0 Å². The standard InChI is InChI=1S/C14H31N3O/c1-6-15(7-2)12-11-13-17(10-5)14(18)16(8-3)9-4/h6-13H2,1-5H3. The summed E-state index contributed by atoms with van der Waals surface area (Å²) in [6.07, 6.45) is 1.06. The van der Waals surface area contributed by atoms with Gasteiger partial charge in [0.15, 0.2) is 0 Å². The van der Waals surface area contributed by atoms with Gasteiger partial charge in [0.05, 0.1) is 0 Å². The summed E-state index contributed by atoms with van der Waals surface area (Å²) in [7, 11) is 0. The fourth-order valence-corrected chi connectivity index (χ4v) is 2.11.